The molecule has 122 valence electrons. The van der Waals surface area contributed by atoms with Crippen molar-refractivity contribution in [1.29, 1.82) is 0 Å². The van der Waals surface area contributed by atoms with Gasteiger partial charge < -0.3 is 15.8 Å². The molecule has 0 saturated heterocycles. The summed E-state index contributed by atoms with van der Waals surface area (Å²) in [6.45, 7) is 0. The Morgan fingerprint density at radius 2 is 1.83 bits per heavy atom. The summed E-state index contributed by atoms with van der Waals surface area (Å²) in [5, 5.41) is 2.76. The van der Waals surface area contributed by atoms with E-state index in [1.807, 2.05) is 18.2 Å². The number of ether oxygens (including phenoxy) is 1. The molecule has 2 rings (SSSR count). The molecule has 0 atom stereocenters. The first kappa shape index (κ1) is 17.2. The van der Waals surface area contributed by atoms with Crippen LogP contribution in [0.5, 0.6) is 11.5 Å². The SMILES string of the molecule is CN(C)S(=O)(=O)c1ccc(Oc2ccccc2)c(NC(N)=S)c1. The van der Waals surface area contributed by atoms with E-state index in [1.165, 1.54) is 26.2 Å². The minimum atomic E-state index is -3.57. The lowest BCUT2D eigenvalue weighted by molar-refractivity contribution is 0.484. The summed E-state index contributed by atoms with van der Waals surface area (Å²) in [4.78, 5) is 0.113. The third-order valence-corrected chi connectivity index (χ3v) is 4.87. The van der Waals surface area contributed by atoms with E-state index in [-0.39, 0.29) is 10.0 Å². The lowest BCUT2D eigenvalue weighted by Gasteiger charge is -2.16. The Morgan fingerprint density at radius 3 is 2.39 bits per heavy atom. The summed E-state index contributed by atoms with van der Waals surface area (Å²) < 4.78 is 31.3. The van der Waals surface area contributed by atoms with Gasteiger partial charge in [-0.3, -0.25) is 0 Å². The molecule has 0 amide bonds. The topological polar surface area (TPSA) is 84.7 Å². The molecule has 0 heterocycles. The molecular weight excluding hydrogens is 334 g/mol. The Labute approximate surface area is 140 Å². The lowest BCUT2D eigenvalue weighted by atomic mass is 10.3. The van der Waals surface area contributed by atoms with E-state index in [4.69, 9.17) is 22.7 Å². The Hall–Kier alpha value is -2.16. The van der Waals surface area contributed by atoms with Gasteiger partial charge in [0.25, 0.3) is 0 Å². The predicted molar refractivity (Wildman–Crippen MR) is 94.2 cm³/mol. The van der Waals surface area contributed by atoms with Gasteiger partial charge in [-0.1, -0.05) is 18.2 Å². The summed E-state index contributed by atoms with van der Waals surface area (Å²) in [5.41, 5.74) is 5.89. The number of nitrogens with zero attached hydrogens (tertiary/aromatic N) is 1. The smallest absolute Gasteiger partial charge is 0.242 e. The van der Waals surface area contributed by atoms with Gasteiger partial charge in [0.1, 0.15) is 5.75 Å². The maximum atomic E-state index is 12.2. The number of nitrogens with one attached hydrogen (secondary N) is 1. The van der Waals surface area contributed by atoms with Gasteiger partial charge in [-0.2, -0.15) is 0 Å². The molecule has 0 bridgehead atoms. The molecular formula is C15H17N3O3S2. The fourth-order valence-corrected chi connectivity index (χ4v) is 2.85. The number of benzene rings is 2. The highest BCUT2D eigenvalue weighted by Crippen LogP contribution is 2.32. The minimum Gasteiger partial charge on any atom is -0.455 e. The van der Waals surface area contributed by atoms with Gasteiger partial charge in [0.05, 0.1) is 10.6 Å². The fourth-order valence-electron chi connectivity index (χ4n) is 1.82. The van der Waals surface area contributed by atoms with Crippen molar-refractivity contribution in [3.63, 3.8) is 0 Å². The molecule has 0 fully saturated rings. The second kappa shape index (κ2) is 6.95. The van der Waals surface area contributed by atoms with E-state index in [0.717, 1.165) is 4.31 Å². The molecule has 0 radical (unpaired) electrons. The van der Waals surface area contributed by atoms with Crippen LogP contribution in [-0.4, -0.2) is 31.9 Å². The van der Waals surface area contributed by atoms with Crippen LogP contribution in [0, 0.1) is 0 Å². The van der Waals surface area contributed by atoms with Gasteiger partial charge in [0, 0.05) is 14.1 Å². The molecule has 23 heavy (non-hydrogen) atoms. The van der Waals surface area contributed by atoms with E-state index < -0.39 is 10.0 Å². The van der Waals surface area contributed by atoms with Crippen molar-refractivity contribution < 1.29 is 13.2 Å². The quantitative estimate of drug-likeness (QED) is 0.805. The average Bonchev–Trinajstić information content (AvgIpc) is 2.49. The number of hydrogen-bond donors (Lipinski definition) is 2. The molecule has 8 heteroatoms. The zero-order valence-electron chi connectivity index (χ0n) is 12.7. The maximum absolute atomic E-state index is 12.2. The van der Waals surface area contributed by atoms with Crippen molar-refractivity contribution in [3.8, 4) is 11.5 Å². The van der Waals surface area contributed by atoms with Gasteiger partial charge >= 0.3 is 0 Å². The van der Waals surface area contributed by atoms with Crippen molar-refractivity contribution in [2.75, 3.05) is 19.4 Å². The van der Waals surface area contributed by atoms with Crippen LogP contribution in [0.15, 0.2) is 53.4 Å². The van der Waals surface area contributed by atoms with Crippen LogP contribution in [0.4, 0.5) is 5.69 Å². The molecule has 0 unspecified atom stereocenters. The molecule has 0 aliphatic carbocycles. The first-order valence-electron chi connectivity index (χ1n) is 6.66. The number of anilines is 1. The van der Waals surface area contributed by atoms with Crippen molar-refractivity contribution in [2.45, 2.75) is 4.90 Å². The minimum absolute atomic E-state index is 0.0160. The number of sulfonamides is 1. The Kier molecular flexibility index (Phi) is 5.19. The summed E-state index contributed by atoms with van der Waals surface area (Å²) in [6.07, 6.45) is 0. The van der Waals surface area contributed by atoms with E-state index in [9.17, 15) is 8.42 Å². The molecule has 2 aromatic carbocycles. The summed E-state index contributed by atoms with van der Waals surface area (Å²) in [5.74, 6) is 1.03. The first-order valence-corrected chi connectivity index (χ1v) is 8.51. The van der Waals surface area contributed by atoms with Gasteiger partial charge in [0.15, 0.2) is 10.9 Å². The van der Waals surface area contributed by atoms with Gasteiger partial charge in [0.2, 0.25) is 10.0 Å². The number of nitrogens with two attached hydrogens (primary N) is 1. The number of hydrogen-bond acceptors (Lipinski definition) is 4. The second-order valence-corrected chi connectivity index (χ2v) is 7.44. The van der Waals surface area contributed by atoms with Crippen LogP contribution in [-0.2, 0) is 10.0 Å². The van der Waals surface area contributed by atoms with E-state index >= 15 is 0 Å². The maximum Gasteiger partial charge on any atom is 0.242 e. The molecule has 3 N–H and O–H groups in total. The molecule has 2 aromatic rings. The van der Waals surface area contributed by atoms with Crippen LogP contribution in [0.2, 0.25) is 0 Å². The Bertz CT molecular complexity index is 806. The largest absolute Gasteiger partial charge is 0.455 e. The van der Waals surface area contributed by atoms with Gasteiger partial charge in [-0.25, -0.2) is 12.7 Å². The highest BCUT2D eigenvalue weighted by molar-refractivity contribution is 7.89. The highest BCUT2D eigenvalue weighted by Gasteiger charge is 2.19. The van der Waals surface area contributed by atoms with Crippen LogP contribution in [0.1, 0.15) is 0 Å². The van der Waals surface area contributed by atoms with Crippen LogP contribution in [0.25, 0.3) is 0 Å². The van der Waals surface area contributed by atoms with Crippen LogP contribution >= 0.6 is 12.2 Å². The van der Waals surface area contributed by atoms with Crippen LogP contribution in [0.3, 0.4) is 0 Å². The molecule has 0 aliphatic rings. The monoisotopic (exact) mass is 351 g/mol. The van der Waals surface area contributed by atoms with E-state index in [0.29, 0.717) is 17.2 Å². The standard InChI is InChI=1S/C15H17N3O3S2/c1-18(2)23(19,20)12-8-9-14(13(10-12)17-15(16)22)21-11-6-4-3-5-7-11/h3-10H,1-2H3,(H3,16,17,22). The van der Waals surface area contributed by atoms with E-state index in [2.05, 4.69) is 5.32 Å². The van der Waals surface area contributed by atoms with Crippen molar-refractivity contribution in [1.82, 2.24) is 4.31 Å². The average molecular weight is 351 g/mol. The Morgan fingerprint density at radius 1 is 1.17 bits per heavy atom. The number of thiocarbonyl (C=S) groups is 1. The second-order valence-electron chi connectivity index (χ2n) is 4.85. The van der Waals surface area contributed by atoms with Crippen molar-refractivity contribution >= 4 is 33.0 Å². The molecule has 0 saturated carbocycles. The predicted octanol–water partition coefficient (Wildman–Crippen LogP) is 2.38. The zero-order chi connectivity index (χ0) is 17.0. The zero-order valence-corrected chi connectivity index (χ0v) is 14.3. The normalized spacial score (nSPS) is 11.3. The third kappa shape index (κ3) is 4.19. The first-order chi connectivity index (χ1) is 10.8. The Balaban J connectivity index is 2.45. The highest BCUT2D eigenvalue weighted by atomic mass is 32.2. The van der Waals surface area contributed by atoms with Crippen molar-refractivity contribution in [3.05, 3.63) is 48.5 Å². The van der Waals surface area contributed by atoms with E-state index in [1.54, 1.807) is 18.2 Å². The van der Waals surface area contributed by atoms with Crippen LogP contribution < -0.4 is 15.8 Å². The molecule has 0 aliphatic heterocycles. The molecule has 0 aromatic heterocycles. The summed E-state index contributed by atoms with van der Waals surface area (Å²) in [6, 6.07) is 13.6. The number of para-hydroxylation sites is 1. The van der Waals surface area contributed by atoms with Crippen molar-refractivity contribution in [2.24, 2.45) is 5.73 Å². The summed E-state index contributed by atoms with van der Waals surface area (Å²) in [7, 11) is -0.646. The molecule has 0 spiro atoms. The third-order valence-electron chi connectivity index (χ3n) is 2.96. The van der Waals surface area contributed by atoms with Gasteiger partial charge in [-0.05, 0) is 42.5 Å². The fraction of sp³-hybridized carbons (Fsp3) is 0.133. The lowest BCUT2D eigenvalue weighted by Crippen LogP contribution is -2.23. The summed E-state index contributed by atoms with van der Waals surface area (Å²) >= 11 is 4.84. The molecule has 6 nitrogen and oxygen atoms in total. The van der Waals surface area contributed by atoms with Gasteiger partial charge in [-0.15, -0.1) is 0 Å². The number of rotatable bonds is 5.